The Kier molecular flexibility index (Phi) is 12.7. The second kappa shape index (κ2) is 13.3. The number of hydrogen-bond acceptors (Lipinski definition) is 3. The van der Waals surface area contributed by atoms with Gasteiger partial charge in [-0.3, -0.25) is 4.99 Å². The van der Waals surface area contributed by atoms with Gasteiger partial charge >= 0.3 is 0 Å². The topological polar surface area (TPSA) is 48.9 Å². The lowest BCUT2D eigenvalue weighted by molar-refractivity contribution is 0.403. The maximum atomic E-state index is 5.43. The third-order valence-electron chi connectivity index (χ3n) is 3.50. The number of aliphatic imine (C=N–C) groups is 1. The molecule has 5 nitrogen and oxygen atoms in total. The highest BCUT2D eigenvalue weighted by Gasteiger charge is 2.04. The van der Waals surface area contributed by atoms with E-state index in [1.54, 1.807) is 7.11 Å². The van der Waals surface area contributed by atoms with Crippen LogP contribution < -0.4 is 15.4 Å². The van der Waals surface area contributed by atoms with Crippen LogP contribution in [0.1, 0.15) is 24.5 Å². The summed E-state index contributed by atoms with van der Waals surface area (Å²) in [5, 5.41) is 6.69. The highest BCUT2D eigenvalue weighted by Crippen LogP contribution is 2.19. The summed E-state index contributed by atoms with van der Waals surface area (Å²) in [5.74, 6) is 1.84. The van der Waals surface area contributed by atoms with Crippen LogP contribution in [0.3, 0.4) is 0 Å². The van der Waals surface area contributed by atoms with E-state index in [1.807, 2.05) is 6.07 Å². The molecule has 0 unspecified atom stereocenters. The quantitative estimate of drug-likeness (QED) is 0.264. The fraction of sp³-hybridized carbons (Fsp3) is 0.611. The van der Waals surface area contributed by atoms with E-state index >= 15 is 0 Å². The van der Waals surface area contributed by atoms with Crippen LogP contribution in [0, 0.1) is 6.92 Å². The number of benzene rings is 1. The molecule has 24 heavy (non-hydrogen) atoms. The van der Waals surface area contributed by atoms with Gasteiger partial charge in [-0.1, -0.05) is 17.7 Å². The molecule has 1 aromatic carbocycles. The normalized spacial score (nSPS) is 11.2. The van der Waals surface area contributed by atoms with E-state index in [-0.39, 0.29) is 24.0 Å². The lowest BCUT2D eigenvalue weighted by Gasteiger charge is -2.13. The number of ether oxygens (including phenoxy) is 1. The fourth-order valence-corrected chi connectivity index (χ4v) is 2.34. The van der Waals surface area contributed by atoms with Crippen molar-refractivity contribution < 1.29 is 4.74 Å². The van der Waals surface area contributed by atoms with Crippen molar-refractivity contribution in [3.05, 3.63) is 29.3 Å². The Morgan fingerprint density at radius 3 is 2.62 bits per heavy atom. The van der Waals surface area contributed by atoms with Gasteiger partial charge in [0.2, 0.25) is 0 Å². The van der Waals surface area contributed by atoms with Crippen molar-refractivity contribution in [2.45, 2.75) is 26.7 Å². The molecule has 0 saturated carbocycles. The molecular formula is C18H33IN4O. The summed E-state index contributed by atoms with van der Waals surface area (Å²) in [6.45, 7) is 7.78. The van der Waals surface area contributed by atoms with Gasteiger partial charge in [-0.25, -0.2) is 0 Å². The molecule has 0 fully saturated rings. The highest BCUT2D eigenvalue weighted by atomic mass is 127. The molecule has 1 aromatic rings. The molecular weight excluding hydrogens is 415 g/mol. The Hall–Kier alpha value is -1.02. The lowest BCUT2D eigenvalue weighted by Crippen LogP contribution is -2.38. The molecule has 0 saturated heterocycles. The lowest BCUT2D eigenvalue weighted by atomic mass is 10.1. The van der Waals surface area contributed by atoms with Crippen molar-refractivity contribution in [1.29, 1.82) is 0 Å². The third-order valence-corrected chi connectivity index (χ3v) is 3.50. The van der Waals surface area contributed by atoms with Crippen LogP contribution in [0.2, 0.25) is 0 Å². The molecule has 0 radical (unpaired) electrons. The predicted octanol–water partition coefficient (Wildman–Crippen LogP) is 2.67. The van der Waals surface area contributed by atoms with E-state index in [0.717, 1.165) is 50.7 Å². The van der Waals surface area contributed by atoms with E-state index in [4.69, 9.17) is 4.74 Å². The van der Waals surface area contributed by atoms with E-state index < -0.39 is 0 Å². The molecule has 0 aromatic heterocycles. The summed E-state index contributed by atoms with van der Waals surface area (Å²) in [6, 6.07) is 6.29. The summed E-state index contributed by atoms with van der Waals surface area (Å²) >= 11 is 0. The minimum Gasteiger partial charge on any atom is -0.496 e. The Morgan fingerprint density at radius 1 is 1.25 bits per heavy atom. The molecule has 2 N–H and O–H groups in total. The summed E-state index contributed by atoms with van der Waals surface area (Å²) in [7, 11) is 5.89. The molecule has 0 atom stereocenters. The minimum atomic E-state index is 0. The number of nitrogens with one attached hydrogen (secondary N) is 2. The van der Waals surface area contributed by atoms with Gasteiger partial charge in [0.05, 0.1) is 7.11 Å². The molecule has 1 rings (SSSR count). The first kappa shape index (κ1) is 23.0. The van der Waals surface area contributed by atoms with Crippen molar-refractivity contribution in [2.24, 2.45) is 4.99 Å². The summed E-state index contributed by atoms with van der Waals surface area (Å²) < 4.78 is 5.43. The van der Waals surface area contributed by atoms with Crippen molar-refractivity contribution >= 4 is 29.9 Å². The monoisotopic (exact) mass is 448 g/mol. The molecule has 0 amide bonds. The van der Waals surface area contributed by atoms with Crippen LogP contribution in [0.4, 0.5) is 0 Å². The zero-order chi connectivity index (χ0) is 17.1. The van der Waals surface area contributed by atoms with Crippen molar-refractivity contribution in [2.75, 3.05) is 47.4 Å². The van der Waals surface area contributed by atoms with Crippen LogP contribution in [-0.4, -0.2) is 58.2 Å². The van der Waals surface area contributed by atoms with Crippen LogP contribution in [0.25, 0.3) is 0 Å². The van der Waals surface area contributed by atoms with Gasteiger partial charge in [-0.05, 0) is 59.0 Å². The molecule has 6 heteroatoms. The zero-order valence-corrected chi connectivity index (χ0v) is 18.0. The SMILES string of the molecule is CCNC(=NCCCN(C)C)NCCc1cc(C)ccc1OC.I. The van der Waals surface area contributed by atoms with Crippen LogP contribution in [0.5, 0.6) is 5.75 Å². The van der Waals surface area contributed by atoms with E-state index in [2.05, 4.69) is 60.6 Å². The molecule has 0 bridgehead atoms. The van der Waals surface area contributed by atoms with Gasteiger partial charge in [0.15, 0.2) is 5.96 Å². The van der Waals surface area contributed by atoms with Gasteiger partial charge in [0.25, 0.3) is 0 Å². The number of guanidine groups is 1. The average Bonchev–Trinajstić information content (AvgIpc) is 2.51. The first-order valence-electron chi connectivity index (χ1n) is 8.37. The van der Waals surface area contributed by atoms with Crippen LogP contribution >= 0.6 is 24.0 Å². The maximum absolute atomic E-state index is 5.43. The standard InChI is InChI=1S/C18H32N4O.HI/c1-6-19-18(20-11-7-13-22(3)4)21-12-10-16-14-15(2)8-9-17(16)23-5;/h8-9,14H,6-7,10-13H2,1-5H3,(H2,19,20,21);1H. The van der Waals surface area contributed by atoms with Crippen molar-refractivity contribution in [1.82, 2.24) is 15.5 Å². The molecule has 0 aliphatic heterocycles. The molecule has 0 heterocycles. The van der Waals surface area contributed by atoms with Gasteiger partial charge in [-0.15, -0.1) is 24.0 Å². The van der Waals surface area contributed by atoms with Gasteiger partial charge in [-0.2, -0.15) is 0 Å². The maximum Gasteiger partial charge on any atom is 0.191 e. The summed E-state index contributed by atoms with van der Waals surface area (Å²) in [4.78, 5) is 6.79. The van der Waals surface area contributed by atoms with Crippen LogP contribution in [-0.2, 0) is 6.42 Å². The van der Waals surface area contributed by atoms with E-state index in [0.29, 0.717) is 0 Å². The number of nitrogens with zero attached hydrogens (tertiary/aromatic N) is 2. The number of halogens is 1. The molecule has 0 spiro atoms. The average molecular weight is 448 g/mol. The minimum absolute atomic E-state index is 0. The predicted molar refractivity (Wildman–Crippen MR) is 114 cm³/mol. The Morgan fingerprint density at radius 2 is 2.00 bits per heavy atom. The Balaban J connectivity index is 0.00000529. The summed E-state index contributed by atoms with van der Waals surface area (Å²) in [5.41, 5.74) is 2.48. The van der Waals surface area contributed by atoms with Crippen molar-refractivity contribution in [3.63, 3.8) is 0 Å². The second-order valence-electron chi connectivity index (χ2n) is 5.91. The highest BCUT2D eigenvalue weighted by molar-refractivity contribution is 14.0. The smallest absolute Gasteiger partial charge is 0.191 e. The largest absolute Gasteiger partial charge is 0.496 e. The third kappa shape index (κ3) is 9.32. The number of hydrogen-bond donors (Lipinski definition) is 2. The van der Waals surface area contributed by atoms with Crippen LogP contribution in [0.15, 0.2) is 23.2 Å². The van der Waals surface area contributed by atoms with Gasteiger partial charge < -0.3 is 20.3 Å². The number of methoxy groups -OCH3 is 1. The Bertz CT molecular complexity index is 492. The zero-order valence-electron chi connectivity index (χ0n) is 15.7. The molecule has 0 aliphatic rings. The van der Waals surface area contributed by atoms with Crippen molar-refractivity contribution in [3.8, 4) is 5.75 Å². The molecule has 0 aliphatic carbocycles. The number of rotatable bonds is 9. The van der Waals surface area contributed by atoms with Gasteiger partial charge in [0, 0.05) is 19.6 Å². The second-order valence-corrected chi connectivity index (χ2v) is 5.91. The Labute approximate surface area is 164 Å². The first-order chi connectivity index (χ1) is 11.1. The number of aryl methyl sites for hydroxylation is 1. The first-order valence-corrected chi connectivity index (χ1v) is 8.37. The van der Waals surface area contributed by atoms with Gasteiger partial charge in [0.1, 0.15) is 5.75 Å². The summed E-state index contributed by atoms with van der Waals surface area (Å²) in [6.07, 6.45) is 1.97. The van der Waals surface area contributed by atoms with E-state index in [1.165, 1.54) is 11.1 Å². The van der Waals surface area contributed by atoms with E-state index in [9.17, 15) is 0 Å². The molecule has 138 valence electrons. The fourth-order valence-electron chi connectivity index (χ4n) is 2.34.